The highest BCUT2D eigenvalue weighted by atomic mass is 79.9. The summed E-state index contributed by atoms with van der Waals surface area (Å²) >= 11 is 3.32. The van der Waals surface area contributed by atoms with E-state index in [4.69, 9.17) is 9.84 Å². The third-order valence-corrected chi connectivity index (χ3v) is 3.39. The van der Waals surface area contributed by atoms with Crippen molar-refractivity contribution < 1.29 is 19.4 Å². The number of carbonyl (C=O) groups excluding carboxylic acids is 1. The Hall–Kier alpha value is -2.14. The molecule has 0 heterocycles. The predicted molar refractivity (Wildman–Crippen MR) is 81.7 cm³/mol. The standard InChI is InChI=1S/C16H13BrO4/c1-10(16(19)20)21-14-4-2-3-12(9-14)15(18)11-5-7-13(17)8-6-11/h2-10H,1H3,(H,19,20). The van der Waals surface area contributed by atoms with E-state index < -0.39 is 12.1 Å². The SMILES string of the molecule is CC(Oc1cccc(C(=O)c2ccc(Br)cc2)c1)C(=O)O. The zero-order chi connectivity index (χ0) is 15.4. The first-order valence-corrected chi connectivity index (χ1v) is 7.06. The number of hydrogen-bond acceptors (Lipinski definition) is 3. The van der Waals surface area contributed by atoms with Crippen LogP contribution in [0.15, 0.2) is 53.0 Å². The number of benzene rings is 2. The van der Waals surface area contributed by atoms with Crippen LogP contribution in [0.4, 0.5) is 0 Å². The molecule has 0 saturated carbocycles. The largest absolute Gasteiger partial charge is 0.479 e. The van der Waals surface area contributed by atoms with Crippen LogP contribution in [0.2, 0.25) is 0 Å². The lowest BCUT2D eigenvalue weighted by Gasteiger charge is -2.11. The van der Waals surface area contributed by atoms with E-state index in [1.807, 2.05) is 0 Å². The summed E-state index contributed by atoms with van der Waals surface area (Å²) in [5, 5.41) is 8.83. The number of ketones is 1. The lowest BCUT2D eigenvalue weighted by Crippen LogP contribution is -2.22. The van der Waals surface area contributed by atoms with E-state index in [9.17, 15) is 9.59 Å². The second kappa shape index (κ2) is 6.54. The van der Waals surface area contributed by atoms with Crippen LogP contribution in [0.25, 0.3) is 0 Å². The number of carboxylic acid groups (broad SMARTS) is 1. The highest BCUT2D eigenvalue weighted by Crippen LogP contribution is 2.19. The fraction of sp³-hybridized carbons (Fsp3) is 0.125. The molecule has 0 aliphatic carbocycles. The number of ether oxygens (including phenoxy) is 1. The molecular formula is C16H13BrO4. The molecule has 4 nitrogen and oxygen atoms in total. The van der Waals surface area contributed by atoms with Crippen molar-refractivity contribution in [3.8, 4) is 5.75 Å². The maximum atomic E-state index is 12.3. The van der Waals surface area contributed by atoms with Crippen LogP contribution in [0.3, 0.4) is 0 Å². The fourth-order valence-corrected chi connectivity index (χ4v) is 2.00. The topological polar surface area (TPSA) is 63.6 Å². The molecule has 0 spiro atoms. The molecule has 1 N–H and O–H groups in total. The Morgan fingerprint density at radius 1 is 1.10 bits per heavy atom. The van der Waals surface area contributed by atoms with E-state index in [0.717, 1.165) is 4.47 Å². The Kier molecular flexibility index (Phi) is 4.75. The Labute approximate surface area is 130 Å². The molecule has 108 valence electrons. The number of carbonyl (C=O) groups is 2. The Morgan fingerprint density at radius 2 is 1.76 bits per heavy atom. The van der Waals surface area contributed by atoms with E-state index in [1.165, 1.54) is 6.92 Å². The number of rotatable bonds is 5. The first-order chi connectivity index (χ1) is 9.97. The van der Waals surface area contributed by atoms with E-state index in [0.29, 0.717) is 16.9 Å². The normalized spacial score (nSPS) is 11.7. The van der Waals surface area contributed by atoms with Crippen molar-refractivity contribution in [3.05, 3.63) is 64.1 Å². The van der Waals surface area contributed by atoms with Gasteiger partial charge in [-0.15, -0.1) is 0 Å². The maximum absolute atomic E-state index is 12.3. The van der Waals surface area contributed by atoms with Gasteiger partial charge in [0, 0.05) is 15.6 Å². The predicted octanol–water partition coefficient (Wildman–Crippen LogP) is 3.53. The van der Waals surface area contributed by atoms with Crippen molar-refractivity contribution in [2.75, 3.05) is 0 Å². The summed E-state index contributed by atoms with van der Waals surface area (Å²) in [4.78, 5) is 23.1. The van der Waals surface area contributed by atoms with Gasteiger partial charge >= 0.3 is 5.97 Å². The third kappa shape index (κ3) is 3.92. The fourth-order valence-electron chi connectivity index (χ4n) is 1.73. The summed E-state index contributed by atoms with van der Waals surface area (Å²) in [6.45, 7) is 1.44. The van der Waals surface area contributed by atoms with E-state index in [-0.39, 0.29) is 5.78 Å². The van der Waals surface area contributed by atoms with Crippen LogP contribution in [0, 0.1) is 0 Å². The molecule has 2 rings (SSSR count). The molecule has 0 saturated heterocycles. The van der Waals surface area contributed by atoms with Gasteiger partial charge in [0.05, 0.1) is 0 Å². The minimum Gasteiger partial charge on any atom is -0.479 e. The van der Waals surface area contributed by atoms with Gasteiger partial charge in [0.15, 0.2) is 11.9 Å². The molecule has 21 heavy (non-hydrogen) atoms. The summed E-state index contributed by atoms with van der Waals surface area (Å²) in [5.74, 6) is -0.844. The molecule has 0 radical (unpaired) electrons. The quantitative estimate of drug-likeness (QED) is 0.839. The zero-order valence-electron chi connectivity index (χ0n) is 11.2. The van der Waals surface area contributed by atoms with E-state index in [2.05, 4.69) is 15.9 Å². The van der Waals surface area contributed by atoms with Gasteiger partial charge in [-0.3, -0.25) is 4.79 Å². The minimum absolute atomic E-state index is 0.143. The van der Waals surface area contributed by atoms with Gasteiger partial charge in [-0.05, 0) is 43.3 Å². The van der Waals surface area contributed by atoms with Gasteiger partial charge in [0.1, 0.15) is 5.75 Å². The van der Waals surface area contributed by atoms with Gasteiger partial charge in [0.25, 0.3) is 0 Å². The molecule has 0 aromatic heterocycles. The van der Waals surface area contributed by atoms with Crippen molar-refractivity contribution in [1.82, 2.24) is 0 Å². The molecule has 0 amide bonds. The Bertz CT molecular complexity index is 664. The summed E-state index contributed by atoms with van der Waals surface area (Å²) in [6, 6.07) is 13.5. The molecule has 5 heteroatoms. The smallest absolute Gasteiger partial charge is 0.344 e. The van der Waals surface area contributed by atoms with Crippen molar-refractivity contribution >= 4 is 27.7 Å². The Balaban J connectivity index is 2.22. The highest BCUT2D eigenvalue weighted by molar-refractivity contribution is 9.10. The lowest BCUT2D eigenvalue weighted by atomic mass is 10.0. The van der Waals surface area contributed by atoms with Crippen LogP contribution < -0.4 is 4.74 Å². The number of aliphatic carboxylic acids is 1. The Morgan fingerprint density at radius 3 is 2.38 bits per heavy atom. The summed E-state index contributed by atoms with van der Waals surface area (Å²) in [6.07, 6.45) is -0.969. The molecule has 0 bridgehead atoms. The van der Waals surface area contributed by atoms with Gasteiger partial charge in [-0.1, -0.05) is 28.1 Å². The van der Waals surface area contributed by atoms with Crippen molar-refractivity contribution in [3.63, 3.8) is 0 Å². The molecule has 1 atom stereocenters. The van der Waals surface area contributed by atoms with Crippen molar-refractivity contribution in [1.29, 1.82) is 0 Å². The summed E-state index contributed by atoms with van der Waals surface area (Å²) in [7, 11) is 0. The first kappa shape index (κ1) is 15.3. The molecular weight excluding hydrogens is 336 g/mol. The monoisotopic (exact) mass is 348 g/mol. The third-order valence-electron chi connectivity index (χ3n) is 2.86. The minimum atomic E-state index is -1.06. The second-order valence-electron chi connectivity index (χ2n) is 4.46. The van der Waals surface area contributed by atoms with Crippen LogP contribution in [-0.2, 0) is 4.79 Å². The average Bonchev–Trinajstić information content (AvgIpc) is 2.47. The highest BCUT2D eigenvalue weighted by Gasteiger charge is 2.14. The van der Waals surface area contributed by atoms with Gasteiger partial charge < -0.3 is 9.84 Å². The van der Waals surface area contributed by atoms with Crippen LogP contribution in [0.5, 0.6) is 5.75 Å². The van der Waals surface area contributed by atoms with Crippen molar-refractivity contribution in [2.24, 2.45) is 0 Å². The lowest BCUT2D eigenvalue weighted by molar-refractivity contribution is -0.144. The van der Waals surface area contributed by atoms with Gasteiger partial charge in [-0.2, -0.15) is 0 Å². The summed E-state index contributed by atoms with van der Waals surface area (Å²) < 4.78 is 6.16. The summed E-state index contributed by atoms with van der Waals surface area (Å²) in [5.41, 5.74) is 1.01. The van der Waals surface area contributed by atoms with Gasteiger partial charge in [-0.25, -0.2) is 4.79 Å². The second-order valence-corrected chi connectivity index (χ2v) is 5.38. The van der Waals surface area contributed by atoms with Gasteiger partial charge in [0.2, 0.25) is 0 Å². The maximum Gasteiger partial charge on any atom is 0.344 e. The number of hydrogen-bond donors (Lipinski definition) is 1. The average molecular weight is 349 g/mol. The van der Waals surface area contributed by atoms with E-state index >= 15 is 0 Å². The van der Waals surface area contributed by atoms with E-state index in [1.54, 1.807) is 48.5 Å². The molecule has 0 fully saturated rings. The molecule has 2 aromatic rings. The van der Waals surface area contributed by atoms with Crippen molar-refractivity contribution in [2.45, 2.75) is 13.0 Å². The number of carboxylic acids is 1. The molecule has 0 aliphatic heterocycles. The number of halogens is 1. The first-order valence-electron chi connectivity index (χ1n) is 6.27. The zero-order valence-corrected chi connectivity index (χ0v) is 12.8. The van der Waals surface area contributed by atoms with Crippen LogP contribution >= 0.6 is 15.9 Å². The molecule has 0 aliphatic rings. The molecule has 2 aromatic carbocycles. The molecule has 1 unspecified atom stereocenters. The van der Waals surface area contributed by atoms with Crippen LogP contribution in [0.1, 0.15) is 22.8 Å². The van der Waals surface area contributed by atoms with Crippen LogP contribution in [-0.4, -0.2) is 23.0 Å².